The van der Waals surface area contributed by atoms with E-state index in [0.29, 0.717) is 0 Å². The molecule has 0 aromatic carbocycles. The van der Waals surface area contributed by atoms with Crippen LogP contribution < -0.4 is 11.2 Å². The molecule has 4 N–H and O–H groups in total. The summed E-state index contributed by atoms with van der Waals surface area (Å²) in [6.45, 7) is 6.56. The van der Waals surface area contributed by atoms with Gasteiger partial charge in [-0.1, -0.05) is 26.7 Å². The lowest BCUT2D eigenvalue weighted by atomic mass is 10.2. The van der Waals surface area contributed by atoms with Gasteiger partial charge in [0.25, 0.3) is 0 Å². The van der Waals surface area contributed by atoms with Crippen LogP contribution in [0.1, 0.15) is 39.5 Å². The number of nitrogens with zero attached hydrogens (tertiary/aromatic N) is 1. The molecule has 0 saturated carbocycles. The van der Waals surface area contributed by atoms with Gasteiger partial charge in [0.05, 0.1) is 27.2 Å². The zero-order chi connectivity index (χ0) is 13.7. The highest BCUT2D eigenvalue weighted by molar-refractivity contribution is 5.68. The SMILES string of the molecule is CCCCCN[N+](C)(C)CCC.NCC(=O)O. The maximum atomic E-state index is 9.24. The number of carboxylic acid groups (broad SMARTS) is 1. The zero-order valence-corrected chi connectivity index (χ0v) is 11.8. The van der Waals surface area contributed by atoms with Gasteiger partial charge in [0.2, 0.25) is 0 Å². The monoisotopic (exact) mass is 248 g/mol. The van der Waals surface area contributed by atoms with E-state index in [1.54, 1.807) is 0 Å². The van der Waals surface area contributed by atoms with Crippen LogP contribution >= 0.6 is 0 Å². The van der Waals surface area contributed by atoms with Crippen molar-refractivity contribution in [2.24, 2.45) is 5.73 Å². The Balaban J connectivity index is 0. The highest BCUT2D eigenvalue weighted by Crippen LogP contribution is 1.96. The first-order valence-electron chi connectivity index (χ1n) is 6.39. The minimum atomic E-state index is -0.968. The minimum Gasteiger partial charge on any atom is -0.480 e. The van der Waals surface area contributed by atoms with E-state index in [1.807, 2.05) is 0 Å². The molecule has 0 heterocycles. The Labute approximate surface area is 106 Å². The molecule has 0 aromatic rings. The van der Waals surface area contributed by atoms with Crippen molar-refractivity contribution in [3.8, 4) is 0 Å². The third-order valence-corrected chi connectivity index (χ3v) is 2.28. The molecule has 0 radical (unpaired) electrons. The standard InChI is InChI=1S/C10H25N2.C2H5NO2/c1-5-7-8-9-11-12(3,4)10-6-2;3-1-2(4)5/h11H,5-10H2,1-4H3;1,3H2,(H,4,5)/q+1;. The summed E-state index contributed by atoms with van der Waals surface area (Å²) < 4.78 is 0.959. The van der Waals surface area contributed by atoms with Crippen LogP contribution in [0.4, 0.5) is 0 Å². The van der Waals surface area contributed by atoms with Gasteiger partial charge in [-0.25, -0.2) is 0 Å². The number of nitrogens with two attached hydrogens (primary N) is 1. The van der Waals surface area contributed by atoms with Crippen LogP contribution in [0.15, 0.2) is 0 Å². The number of unbranched alkanes of at least 4 members (excludes halogenated alkanes) is 2. The average Bonchev–Trinajstić information content (AvgIpc) is 2.25. The van der Waals surface area contributed by atoms with E-state index in [4.69, 9.17) is 5.11 Å². The fourth-order valence-corrected chi connectivity index (χ4v) is 1.39. The lowest BCUT2D eigenvalue weighted by molar-refractivity contribution is -0.934. The summed E-state index contributed by atoms with van der Waals surface area (Å²) in [5, 5.41) is 7.60. The van der Waals surface area contributed by atoms with Crippen molar-refractivity contribution < 1.29 is 14.5 Å². The van der Waals surface area contributed by atoms with E-state index in [-0.39, 0.29) is 6.54 Å². The van der Waals surface area contributed by atoms with E-state index in [0.717, 1.165) is 11.1 Å². The third-order valence-electron chi connectivity index (χ3n) is 2.28. The maximum absolute atomic E-state index is 9.24. The van der Waals surface area contributed by atoms with Crippen LogP contribution in [0.5, 0.6) is 0 Å². The Hall–Kier alpha value is -0.650. The van der Waals surface area contributed by atoms with Gasteiger partial charge < -0.3 is 10.8 Å². The maximum Gasteiger partial charge on any atom is 0.317 e. The largest absolute Gasteiger partial charge is 0.480 e. The van der Waals surface area contributed by atoms with Crippen molar-refractivity contribution in [2.45, 2.75) is 39.5 Å². The molecule has 0 spiro atoms. The molecule has 0 amide bonds. The second-order valence-corrected chi connectivity index (χ2v) is 4.62. The van der Waals surface area contributed by atoms with Gasteiger partial charge in [-0.3, -0.25) is 9.39 Å². The van der Waals surface area contributed by atoms with Gasteiger partial charge >= 0.3 is 5.97 Å². The number of nitrogens with one attached hydrogen (secondary N) is 1. The van der Waals surface area contributed by atoms with E-state index in [2.05, 4.69) is 39.1 Å². The summed E-state index contributed by atoms with van der Waals surface area (Å²) in [5.74, 6) is -0.968. The molecule has 17 heavy (non-hydrogen) atoms. The molecule has 0 aliphatic heterocycles. The van der Waals surface area contributed by atoms with Crippen LogP contribution in [0.25, 0.3) is 0 Å². The second-order valence-electron chi connectivity index (χ2n) is 4.62. The van der Waals surface area contributed by atoms with Crippen molar-refractivity contribution >= 4 is 5.97 Å². The van der Waals surface area contributed by atoms with Gasteiger partial charge in [-0.05, 0) is 12.8 Å². The van der Waals surface area contributed by atoms with Crippen LogP contribution in [0.2, 0.25) is 0 Å². The zero-order valence-electron chi connectivity index (χ0n) is 11.8. The fourth-order valence-electron chi connectivity index (χ4n) is 1.39. The van der Waals surface area contributed by atoms with Gasteiger partial charge in [0.15, 0.2) is 0 Å². The van der Waals surface area contributed by atoms with Gasteiger partial charge in [-0.15, -0.1) is 0 Å². The van der Waals surface area contributed by atoms with E-state index in [1.165, 1.54) is 32.2 Å². The Morgan fingerprint density at radius 2 is 1.76 bits per heavy atom. The molecule has 0 saturated heterocycles. The predicted octanol–water partition coefficient (Wildman–Crippen LogP) is 1.20. The van der Waals surface area contributed by atoms with Crippen molar-refractivity contribution in [1.29, 1.82) is 0 Å². The number of carbonyl (C=O) groups is 1. The number of carboxylic acids is 1. The highest BCUT2D eigenvalue weighted by Gasteiger charge is 2.11. The quantitative estimate of drug-likeness (QED) is 0.343. The average molecular weight is 248 g/mol. The summed E-state index contributed by atoms with van der Waals surface area (Å²) in [7, 11) is 4.46. The molecule has 0 aromatic heterocycles. The van der Waals surface area contributed by atoms with Crippen molar-refractivity contribution in [2.75, 3.05) is 33.7 Å². The summed E-state index contributed by atoms with van der Waals surface area (Å²) in [5.41, 5.74) is 8.10. The van der Waals surface area contributed by atoms with Gasteiger partial charge in [-0.2, -0.15) is 5.43 Å². The Morgan fingerprint density at radius 3 is 2.12 bits per heavy atom. The molecular weight excluding hydrogens is 218 g/mol. The van der Waals surface area contributed by atoms with Crippen molar-refractivity contribution in [3.05, 3.63) is 0 Å². The topological polar surface area (TPSA) is 75.3 Å². The van der Waals surface area contributed by atoms with Gasteiger partial charge in [0.1, 0.15) is 0 Å². The molecule has 5 heteroatoms. The summed E-state index contributed by atoms with van der Waals surface area (Å²) in [6, 6.07) is 0. The van der Waals surface area contributed by atoms with Crippen LogP contribution in [-0.4, -0.2) is 49.4 Å². The lowest BCUT2D eigenvalue weighted by Crippen LogP contribution is -2.52. The normalized spacial score (nSPS) is 10.6. The van der Waals surface area contributed by atoms with E-state index < -0.39 is 5.97 Å². The summed E-state index contributed by atoms with van der Waals surface area (Å²) >= 11 is 0. The second kappa shape index (κ2) is 11.8. The van der Waals surface area contributed by atoms with Crippen molar-refractivity contribution in [3.63, 3.8) is 0 Å². The number of quaternary nitrogens is 1. The van der Waals surface area contributed by atoms with E-state index >= 15 is 0 Å². The lowest BCUT2D eigenvalue weighted by Gasteiger charge is -2.29. The summed E-state index contributed by atoms with van der Waals surface area (Å²) in [6.07, 6.45) is 5.21. The molecule has 5 nitrogen and oxygen atoms in total. The fraction of sp³-hybridized carbons (Fsp3) is 0.917. The van der Waals surface area contributed by atoms with Crippen LogP contribution in [-0.2, 0) is 4.79 Å². The molecule has 0 bridgehead atoms. The molecule has 0 aliphatic rings. The molecule has 0 fully saturated rings. The first-order chi connectivity index (χ1) is 7.89. The van der Waals surface area contributed by atoms with Crippen LogP contribution in [0.3, 0.4) is 0 Å². The Kier molecular flexibility index (Phi) is 13.0. The Bertz CT molecular complexity index is 185. The van der Waals surface area contributed by atoms with Crippen LogP contribution in [0, 0.1) is 0 Å². The molecule has 104 valence electrons. The minimum absolute atomic E-state index is 0.278. The molecular formula is C12H30N3O2+. The Morgan fingerprint density at radius 1 is 1.24 bits per heavy atom. The first kappa shape index (κ1) is 18.7. The molecule has 0 unspecified atom stereocenters. The molecule has 0 atom stereocenters. The molecule has 0 aliphatic carbocycles. The number of hydrogen-bond donors (Lipinski definition) is 3. The van der Waals surface area contributed by atoms with Gasteiger partial charge in [0, 0.05) is 6.54 Å². The highest BCUT2D eigenvalue weighted by atomic mass is 16.4. The first-order valence-corrected chi connectivity index (χ1v) is 6.39. The van der Waals surface area contributed by atoms with E-state index in [9.17, 15) is 4.79 Å². The summed E-state index contributed by atoms with van der Waals surface area (Å²) in [4.78, 5) is 9.24. The third kappa shape index (κ3) is 17.9. The number of rotatable bonds is 8. The number of aliphatic carboxylic acids is 1. The number of hydrogen-bond acceptors (Lipinski definition) is 3. The smallest absolute Gasteiger partial charge is 0.317 e. The van der Waals surface area contributed by atoms with Crippen molar-refractivity contribution in [1.82, 2.24) is 5.43 Å². The molecule has 0 rings (SSSR count). The predicted molar refractivity (Wildman–Crippen MR) is 71.5 cm³/mol.